The first kappa shape index (κ1) is 11.2. The number of ether oxygens (including phenoxy) is 1. The van der Waals surface area contributed by atoms with Gasteiger partial charge in [-0.05, 0) is 11.7 Å². The summed E-state index contributed by atoms with van der Waals surface area (Å²) >= 11 is 4.21. The van der Waals surface area contributed by atoms with Gasteiger partial charge in [-0.2, -0.15) is 12.6 Å². The van der Waals surface area contributed by atoms with E-state index in [1.54, 1.807) is 11.0 Å². The molecule has 0 saturated carbocycles. The van der Waals surface area contributed by atoms with E-state index < -0.39 is 0 Å². The van der Waals surface area contributed by atoms with Crippen molar-refractivity contribution < 1.29 is 9.53 Å². The van der Waals surface area contributed by atoms with E-state index in [0.717, 1.165) is 0 Å². The van der Waals surface area contributed by atoms with Crippen LogP contribution in [0.5, 0.6) is 5.88 Å². The van der Waals surface area contributed by atoms with Crippen LogP contribution in [0.2, 0.25) is 0 Å². The molecule has 0 aliphatic carbocycles. The molecule has 1 unspecified atom stereocenters. The lowest BCUT2D eigenvalue weighted by atomic mass is 10.1. The highest BCUT2D eigenvalue weighted by Crippen LogP contribution is 2.25. The summed E-state index contributed by atoms with van der Waals surface area (Å²) in [6, 6.07) is 1.67. The van der Waals surface area contributed by atoms with E-state index in [0.29, 0.717) is 36.3 Å². The molecule has 1 atom stereocenters. The summed E-state index contributed by atoms with van der Waals surface area (Å²) in [4.78, 5) is 21.4. The fourth-order valence-corrected chi connectivity index (χ4v) is 1.96. The molecular formula is C10H13N3O2S. The average Bonchev–Trinajstić information content (AvgIpc) is 2.71. The molecule has 0 aromatic carbocycles. The lowest BCUT2D eigenvalue weighted by Gasteiger charge is -2.15. The molecule has 1 aromatic heterocycles. The van der Waals surface area contributed by atoms with Crippen molar-refractivity contribution in [2.24, 2.45) is 5.92 Å². The maximum atomic E-state index is 11.7. The molecule has 1 saturated heterocycles. The van der Waals surface area contributed by atoms with Crippen molar-refractivity contribution in [1.82, 2.24) is 9.97 Å². The monoisotopic (exact) mass is 239 g/mol. The highest BCUT2D eigenvalue weighted by molar-refractivity contribution is 7.80. The molecule has 2 rings (SSSR count). The van der Waals surface area contributed by atoms with Crippen LogP contribution in [-0.2, 0) is 4.79 Å². The number of nitrogens with zero attached hydrogens (tertiary/aromatic N) is 3. The Bertz CT molecular complexity index is 399. The van der Waals surface area contributed by atoms with Crippen LogP contribution in [0.4, 0.5) is 5.82 Å². The summed E-state index contributed by atoms with van der Waals surface area (Å²) in [6.07, 6.45) is 1.94. The highest BCUT2D eigenvalue weighted by Gasteiger charge is 2.30. The van der Waals surface area contributed by atoms with Gasteiger partial charge in [0, 0.05) is 19.0 Å². The van der Waals surface area contributed by atoms with Gasteiger partial charge in [-0.15, -0.1) is 0 Å². The molecular weight excluding hydrogens is 226 g/mol. The minimum atomic E-state index is 0.0832. The number of carbonyl (C=O) groups is 1. The predicted molar refractivity (Wildman–Crippen MR) is 62.9 cm³/mol. The fourth-order valence-electron chi connectivity index (χ4n) is 1.71. The van der Waals surface area contributed by atoms with Crippen molar-refractivity contribution in [2.45, 2.75) is 6.42 Å². The summed E-state index contributed by atoms with van der Waals surface area (Å²) in [7, 11) is 1.54. The number of hydrogen-bond acceptors (Lipinski definition) is 5. The second kappa shape index (κ2) is 4.69. The minimum Gasteiger partial charge on any atom is -0.481 e. The largest absolute Gasteiger partial charge is 0.481 e. The Labute approximate surface area is 99.2 Å². The first-order chi connectivity index (χ1) is 7.74. The molecule has 0 bridgehead atoms. The van der Waals surface area contributed by atoms with Gasteiger partial charge in [-0.25, -0.2) is 9.97 Å². The molecule has 1 aliphatic heterocycles. The molecule has 1 aliphatic rings. The Hall–Kier alpha value is -1.30. The minimum absolute atomic E-state index is 0.0832. The second-order valence-electron chi connectivity index (χ2n) is 3.68. The lowest BCUT2D eigenvalue weighted by molar-refractivity contribution is -0.117. The summed E-state index contributed by atoms with van der Waals surface area (Å²) in [6.45, 7) is 0.669. The number of anilines is 1. The Kier molecular flexibility index (Phi) is 3.28. The molecule has 16 heavy (non-hydrogen) atoms. The molecule has 0 spiro atoms. The number of amides is 1. The molecule has 2 heterocycles. The third-order valence-corrected chi connectivity index (χ3v) is 3.09. The van der Waals surface area contributed by atoms with Crippen molar-refractivity contribution in [2.75, 3.05) is 24.3 Å². The van der Waals surface area contributed by atoms with Crippen LogP contribution in [0, 0.1) is 5.92 Å². The van der Waals surface area contributed by atoms with Gasteiger partial charge in [0.15, 0.2) is 0 Å². The first-order valence-electron chi connectivity index (χ1n) is 5.02. The number of thiol groups is 1. The van der Waals surface area contributed by atoms with Gasteiger partial charge < -0.3 is 4.74 Å². The maximum Gasteiger partial charge on any atom is 0.228 e. The van der Waals surface area contributed by atoms with Crippen molar-refractivity contribution in [3.63, 3.8) is 0 Å². The van der Waals surface area contributed by atoms with E-state index in [9.17, 15) is 4.79 Å². The van der Waals surface area contributed by atoms with Gasteiger partial charge >= 0.3 is 0 Å². The third kappa shape index (κ3) is 2.11. The zero-order valence-electron chi connectivity index (χ0n) is 8.96. The SMILES string of the molecule is COc1cc(N2CC(CS)CC2=O)ncn1. The topological polar surface area (TPSA) is 55.3 Å². The number of hydrogen-bond donors (Lipinski definition) is 1. The van der Waals surface area contributed by atoms with E-state index in [1.807, 2.05) is 0 Å². The molecule has 1 aromatic rings. The van der Waals surface area contributed by atoms with Crippen LogP contribution in [0.3, 0.4) is 0 Å². The second-order valence-corrected chi connectivity index (χ2v) is 4.04. The van der Waals surface area contributed by atoms with Crippen molar-refractivity contribution in [3.05, 3.63) is 12.4 Å². The smallest absolute Gasteiger partial charge is 0.228 e. The van der Waals surface area contributed by atoms with Crippen LogP contribution >= 0.6 is 12.6 Å². The number of carbonyl (C=O) groups excluding carboxylic acids is 1. The van der Waals surface area contributed by atoms with Crippen LogP contribution < -0.4 is 9.64 Å². The predicted octanol–water partition coefficient (Wildman–Crippen LogP) is 0.768. The molecule has 0 N–H and O–H groups in total. The van der Waals surface area contributed by atoms with E-state index >= 15 is 0 Å². The quantitative estimate of drug-likeness (QED) is 0.792. The van der Waals surface area contributed by atoms with E-state index in [1.165, 1.54) is 13.4 Å². The molecule has 6 heteroatoms. The van der Waals surface area contributed by atoms with E-state index in [2.05, 4.69) is 22.6 Å². The van der Waals surface area contributed by atoms with E-state index in [4.69, 9.17) is 4.74 Å². The Morgan fingerprint density at radius 2 is 2.44 bits per heavy atom. The van der Waals surface area contributed by atoms with Crippen LogP contribution in [0.25, 0.3) is 0 Å². The zero-order valence-corrected chi connectivity index (χ0v) is 9.85. The summed E-state index contributed by atoms with van der Waals surface area (Å²) in [5, 5.41) is 0. The molecule has 5 nitrogen and oxygen atoms in total. The molecule has 1 amide bonds. The Morgan fingerprint density at radius 3 is 3.06 bits per heavy atom. The van der Waals surface area contributed by atoms with Gasteiger partial charge in [-0.1, -0.05) is 0 Å². The molecule has 0 radical (unpaired) electrons. The van der Waals surface area contributed by atoms with Crippen molar-refractivity contribution in [1.29, 1.82) is 0 Å². The van der Waals surface area contributed by atoms with Gasteiger partial charge in [0.25, 0.3) is 0 Å². The van der Waals surface area contributed by atoms with Gasteiger partial charge in [0.2, 0.25) is 11.8 Å². The fraction of sp³-hybridized carbons (Fsp3) is 0.500. The number of rotatable bonds is 3. The average molecular weight is 239 g/mol. The maximum absolute atomic E-state index is 11.7. The first-order valence-corrected chi connectivity index (χ1v) is 5.65. The summed E-state index contributed by atoms with van der Waals surface area (Å²) < 4.78 is 5.00. The van der Waals surface area contributed by atoms with Crippen molar-refractivity contribution >= 4 is 24.4 Å². The van der Waals surface area contributed by atoms with Gasteiger partial charge in [0.1, 0.15) is 12.1 Å². The summed E-state index contributed by atoms with van der Waals surface area (Å²) in [5.74, 6) is 2.16. The standard InChI is InChI=1S/C10H13N3O2S/c1-15-9-3-8(11-6-12-9)13-4-7(5-16)2-10(13)14/h3,6-7,16H,2,4-5H2,1H3. The highest BCUT2D eigenvalue weighted by atomic mass is 32.1. The normalized spacial score (nSPS) is 20.2. The van der Waals surface area contributed by atoms with Crippen LogP contribution in [0.15, 0.2) is 12.4 Å². The van der Waals surface area contributed by atoms with Crippen molar-refractivity contribution in [3.8, 4) is 5.88 Å². The number of methoxy groups -OCH3 is 1. The third-order valence-electron chi connectivity index (χ3n) is 2.58. The van der Waals surface area contributed by atoms with Gasteiger partial charge in [-0.3, -0.25) is 9.69 Å². The molecule has 86 valence electrons. The van der Waals surface area contributed by atoms with E-state index in [-0.39, 0.29) is 5.91 Å². The van der Waals surface area contributed by atoms with Crippen LogP contribution in [-0.4, -0.2) is 35.3 Å². The van der Waals surface area contributed by atoms with Gasteiger partial charge in [0.05, 0.1) is 7.11 Å². The zero-order chi connectivity index (χ0) is 11.5. The van der Waals surface area contributed by atoms with Crippen LogP contribution in [0.1, 0.15) is 6.42 Å². The Morgan fingerprint density at radius 1 is 1.62 bits per heavy atom. The molecule has 1 fully saturated rings. The Balaban J connectivity index is 2.20. The number of aromatic nitrogens is 2. The lowest BCUT2D eigenvalue weighted by Crippen LogP contribution is -2.25. The summed E-state index contributed by atoms with van der Waals surface area (Å²) in [5.41, 5.74) is 0.